The summed E-state index contributed by atoms with van der Waals surface area (Å²) in [5.74, 6) is 0.778. The van der Waals surface area contributed by atoms with E-state index in [2.05, 4.69) is 30.1 Å². The molecule has 5 heteroatoms. The van der Waals surface area contributed by atoms with Gasteiger partial charge in [-0.05, 0) is 47.9 Å². The number of imidazole rings is 1. The first-order valence-corrected chi connectivity index (χ1v) is 9.45. The fourth-order valence-electron chi connectivity index (χ4n) is 3.47. The van der Waals surface area contributed by atoms with Crippen LogP contribution in [-0.2, 0) is 7.05 Å². The molecular weight excluding hydrogens is 394 g/mol. The molecule has 0 fully saturated rings. The third-order valence-corrected chi connectivity index (χ3v) is 5.02. The van der Waals surface area contributed by atoms with Crippen LogP contribution in [0.3, 0.4) is 0 Å². The van der Waals surface area contributed by atoms with E-state index in [1.54, 1.807) is 6.33 Å². The van der Waals surface area contributed by atoms with Gasteiger partial charge in [0.05, 0.1) is 29.9 Å². The minimum Gasteiger partial charge on any atom is -0.479 e. The Balaban J connectivity index is 0.00000256. The van der Waals surface area contributed by atoms with Crippen LogP contribution in [0.1, 0.15) is 28.5 Å². The lowest BCUT2D eigenvalue weighted by atomic mass is 9.93. The van der Waals surface area contributed by atoms with Gasteiger partial charge >= 0.3 is 0 Å². The average molecular weight is 416 g/mol. The Labute approximate surface area is 182 Å². The Morgan fingerprint density at radius 1 is 0.967 bits per heavy atom. The van der Waals surface area contributed by atoms with Crippen molar-refractivity contribution in [3.8, 4) is 22.9 Å². The minimum absolute atomic E-state index is 0. The van der Waals surface area contributed by atoms with Crippen molar-refractivity contribution in [1.29, 1.82) is 5.26 Å². The summed E-state index contributed by atoms with van der Waals surface area (Å²) in [4.78, 5) is 4.27. The molecule has 4 nitrogen and oxygen atoms in total. The zero-order valence-electron chi connectivity index (χ0n) is 16.8. The lowest BCUT2D eigenvalue weighted by Gasteiger charge is -2.21. The Morgan fingerprint density at radius 3 is 2.37 bits per heavy atom. The van der Waals surface area contributed by atoms with Crippen LogP contribution in [0.4, 0.5) is 0 Å². The van der Waals surface area contributed by atoms with Crippen molar-refractivity contribution in [1.82, 2.24) is 9.55 Å². The first-order chi connectivity index (χ1) is 14.2. The highest BCUT2D eigenvalue weighted by atomic mass is 35.5. The molecule has 0 amide bonds. The number of para-hydroxylation sites is 1. The molecule has 0 aliphatic carbocycles. The van der Waals surface area contributed by atoms with E-state index in [0.29, 0.717) is 5.56 Å². The fraction of sp³-hybridized carbons (Fsp3) is 0.120. The van der Waals surface area contributed by atoms with E-state index in [1.807, 2.05) is 78.5 Å². The van der Waals surface area contributed by atoms with Crippen LogP contribution in [-0.4, -0.2) is 9.55 Å². The molecule has 150 valence electrons. The van der Waals surface area contributed by atoms with Crippen molar-refractivity contribution >= 4 is 12.4 Å². The van der Waals surface area contributed by atoms with Gasteiger partial charge in [0.1, 0.15) is 5.75 Å². The summed E-state index contributed by atoms with van der Waals surface area (Å²) in [6.45, 7) is 2.06. The molecule has 0 radical (unpaired) electrons. The van der Waals surface area contributed by atoms with Crippen molar-refractivity contribution in [2.45, 2.75) is 13.0 Å². The van der Waals surface area contributed by atoms with E-state index in [9.17, 15) is 5.26 Å². The van der Waals surface area contributed by atoms with Gasteiger partial charge in [0, 0.05) is 12.6 Å². The largest absolute Gasteiger partial charge is 0.479 e. The highest BCUT2D eigenvalue weighted by Gasteiger charge is 2.21. The maximum atomic E-state index is 9.67. The highest BCUT2D eigenvalue weighted by Crippen LogP contribution is 2.33. The van der Waals surface area contributed by atoms with Gasteiger partial charge in [0.15, 0.2) is 6.10 Å². The Hall–Kier alpha value is -3.55. The molecule has 4 aromatic rings. The number of hydrogen-bond donors (Lipinski definition) is 0. The standard InChI is InChI=1S/C25H21N3O.ClH/c1-18-8-6-7-11-22(18)23-14-19(12-13-20(23)15-26)25(24-16-27-17-28(24)2)29-21-9-4-3-5-10-21;/h3-14,16-17,25H,1-2H3;1H. The number of benzene rings is 3. The second-order valence-electron chi connectivity index (χ2n) is 6.97. The average Bonchev–Trinajstić information content (AvgIpc) is 3.18. The molecule has 1 atom stereocenters. The lowest BCUT2D eigenvalue weighted by molar-refractivity contribution is 0.238. The Morgan fingerprint density at radius 2 is 1.70 bits per heavy atom. The second kappa shape index (κ2) is 9.30. The number of aryl methyl sites for hydroxylation is 2. The topological polar surface area (TPSA) is 50.8 Å². The van der Waals surface area contributed by atoms with Crippen LogP contribution < -0.4 is 4.74 Å². The van der Waals surface area contributed by atoms with Crippen LogP contribution in [0.15, 0.2) is 85.3 Å². The molecule has 1 heterocycles. The van der Waals surface area contributed by atoms with Gasteiger partial charge in [0.2, 0.25) is 0 Å². The van der Waals surface area contributed by atoms with Crippen molar-refractivity contribution in [2.75, 3.05) is 0 Å². The number of aromatic nitrogens is 2. The molecule has 0 saturated carbocycles. The summed E-state index contributed by atoms with van der Waals surface area (Å²) in [5, 5.41) is 9.67. The highest BCUT2D eigenvalue weighted by molar-refractivity contribution is 5.85. The van der Waals surface area contributed by atoms with Crippen molar-refractivity contribution in [3.63, 3.8) is 0 Å². The zero-order chi connectivity index (χ0) is 20.2. The van der Waals surface area contributed by atoms with Crippen molar-refractivity contribution in [2.24, 2.45) is 7.05 Å². The predicted octanol–water partition coefficient (Wildman–Crippen LogP) is 5.86. The van der Waals surface area contributed by atoms with Crippen LogP contribution >= 0.6 is 12.4 Å². The summed E-state index contributed by atoms with van der Waals surface area (Å²) < 4.78 is 8.33. The van der Waals surface area contributed by atoms with E-state index < -0.39 is 0 Å². The first kappa shape index (κ1) is 21.2. The van der Waals surface area contributed by atoms with Crippen LogP contribution in [0.25, 0.3) is 11.1 Å². The van der Waals surface area contributed by atoms with E-state index in [1.165, 1.54) is 0 Å². The van der Waals surface area contributed by atoms with Gasteiger partial charge in [-0.2, -0.15) is 5.26 Å². The number of halogens is 1. The van der Waals surface area contributed by atoms with Crippen molar-refractivity contribution < 1.29 is 4.74 Å². The maximum Gasteiger partial charge on any atom is 0.165 e. The Kier molecular flexibility index (Phi) is 6.56. The number of rotatable bonds is 5. The lowest BCUT2D eigenvalue weighted by Crippen LogP contribution is -2.13. The quantitative estimate of drug-likeness (QED) is 0.410. The molecule has 1 aromatic heterocycles. The number of nitrogens with zero attached hydrogens (tertiary/aromatic N) is 3. The molecule has 0 aliphatic heterocycles. The normalized spacial score (nSPS) is 11.2. The molecule has 0 bridgehead atoms. The summed E-state index contributed by atoms with van der Waals surface area (Å²) in [6.07, 6.45) is 3.24. The van der Waals surface area contributed by atoms with E-state index in [-0.39, 0.29) is 18.5 Å². The summed E-state index contributed by atoms with van der Waals surface area (Å²) in [7, 11) is 1.95. The van der Waals surface area contributed by atoms with E-state index in [0.717, 1.165) is 33.7 Å². The van der Waals surface area contributed by atoms with Crippen LogP contribution in [0, 0.1) is 18.3 Å². The van der Waals surface area contributed by atoms with Crippen LogP contribution in [0.5, 0.6) is 5.75 Å². The van der Waals surface area contributed by atoms with Gasteiger partial charge in [-0.15, -0.1) is 12.4 Å². The predicted molar refractivity (Wildman–Crippen MR) is 121 cm³/mol. The number of ether oxygens (including phenoxy) is 1. The molecule has 0 saturated heterocycles. The third-order valence-electron chi connectivity index (χ3n) is 5.02. The smallest absolute Gasteiger partial charge is 0.165 e. The minimum atomic E-state index is -0.347. The number of nitriles is 1. The Bertz CT molecular complexity index is 1180. The van der Waals surface area contributed by atoms with Gasteiger partial charge < -0.3 is 9.30 Å². The molecule has 0 spiro atoms. The molecule has 30 heavy (non-hydrogen) atoms. The second-order valence-corrected chi connectivity index (χ2v) is 6.97. The summed E-state index contributed by atoms with van der Waals surface area (Å²) >= 11 is 0. The van der Waals surface area contributed by atoms with E-state index >= 15 is 0 Å². The molecule has 4 rings (SSSR count). The SMILES string of the molecule is Cc1ccccc1-c1cc(C(Oc2ccccc2)c2cncn2C)ccc1C#N.Cl. The summed E-state index contributed by atoms with van der Waals surface area (Å²) in [5.41, 5.74) is 5.64. The molecule has 0 aliphatic rings. The zero-order valence-corrected chi connectivity index (χ0v) is 17.6. The van der Waals surface area contributed by atoms with Gasteiger partial charge in [-0.1, -0.05) is 48.5 Å². The molecule has 0 N–H and O–H groups in total. The van der Waals surface area contributed by atoms with Crippen molar-refractivity contribution in [3.05, 3.63) is 108 Å². The fourth-order valence-corrected chi connectivity index (χ4v) is 3.47. The summed E-state index contributed by atoms with van der Waals surface area (Å²) in [6, 6.07) is 26.1. The van der Waals surface area contributed by atoms with Gasteiger partial charge in [-0.25, -0.2) is 4.98 Å². The maximum absolute atomic E-state index is 9.67. The van der Waals surface area contributed by atoms with Gasteiger partial charge in [-0.3, -0.25) is 0 Å². The van der Waals surface area contributed by atoms with E-state index in [4.69, 9.17) is 4.74 Å². The monoisotopic (exact) mass is 415 g/mol. The molecule has 3 aromatic carbocycles. The third kappa shape index (κ3) is 4.22. The number of hydrogen-bond acceptors (Lipinski definition) is 3. The molecular formula is C25H22ClN3O. The first-order valence-electron chi connectivity index (χ1n) is 9.45. The van der Waals surface area contributed by atoms with Gasteiger partial charge in [0.25, 0.3) is 0 Å². The molecule has 1 unspecified atom stereocenters. The van der Waals surface area contributed by atoms with Crippen LogP contribution in [0.2, 0.25) is 0 Å².